The summed E-state index contributed by atoms with van der Waals surface area (Å²) in [5.41, 5.74) is 0. The molecular formula is C12H17BrN2O. The van der Waals surface area contributed by atoms with Gasteiger partial charge in [-0.05, 0) is 53.2 Å². The third-order valence-electron chi connectivity index (χ3n) is 3.18. The maximum Gasteiger partial charge on any atom is 0.129 e. The Labute approximate surface area is 105 Å². The van der Waals surface area contributed by atoms with Crippen LogP contribution in [0.5, 0.6) is 0 Å². The summed E-state index contributed by atoms with van der Waals surface area (Å²) in [6.07, 6.45) is 3.27. The minimum atomic E-state index is 0.319. The lowest BCUT2D eigenvalue weighted by Crippen LogP contribution is -2.34. The molecule has 1 aromatic rings. The van der Waals surface area contributed by atoms with Gasteiger partial charge in [0.1, 0.15) is 10.4 Å². The molecule has 0 bridgehead atoms. The molecule has 0 aliphatic carbocycles. The molecule has 3 nitrogen and oxygen atoms in total. The molecule has 0 radical (unpaired) electrons. The molecule has 0 unspecified atom stereocenters. The predicted octanol–water partition coefficient (Wildman–Crippen LogP) is 2.44. The van der Waals surface area contributed by atoms with Crippen molar-refractivity contribution in [2.24, 2.45) is 5.92 Å². The number of pyridine rings is 1. The first kappa shape index (κ1) is 11.9. The highest BCUT2D eigenvalue weighted by Crippen LogP contribution is 2.24. The van der Waals surface area contributed by atoms with Gasteiger partial charge in [0, 0.05) is 19.7 Å². The summed E-state index contributed by atoms with van der Waals surface area (Å²) in [6, 6.07) is 6.02. The van der Waals surface area contributed by atoms with Crippen LogP contribution in [-0.2, 0) is 0 Å². The van der Waals surface area contributed by atoms with Gasteiger partial charge in [0.2, 0.25) is 0 Å². The van der Waals surface area contributed by atoms with E-state index in [1.54, 1.807) is 0 Å². The number of anilines is 1. The van der Waals surface area contributed by atoms with E-state index in [0.29, 0.717) is 12.5 Å². The smallest absolute Gasteiger partial charge is 0.129 e. The van der Waals surface area contributed by atoms with Gasteiger partial charge in [-0.3, -0.25) is 0 Å². The largest absolute Gasteiger partial charge is 0.396 e. The Morgan fingerprint density at radius 3 is 2.75 bits per heavy atom. The molecule has 1 aliphatic heterocycles. The van der Waals surface area contributed by atoms with Gasteiger partial charge < -0.3 is 10.0 Å². The van der Waals surface area contributed by atoms with E-state index in [-0.39, 0.29) is 0 Å². The summed E-state index contributed by atoms with van der Waals surface area (Å²) in [5.74, 6) is 1.74. The van der Waals surface area contributed by atoms with Crippen LogP contribution in [0.25, 0.3) is 0 Å². The highest BCUT2D eigenvalue weighted by molar-refractivity contribution is 9.10. The average Bonchev–Trinajstić information content (AvgIpc) is 2.30. The van der Waals surface area contributed by atoms with E-state index in [2.05, 4.69) is 31.9 Å². The maximum absolute atomic E-state index is 8.91. The molecule has 88 valence electrons. The number of piperidine rings is 1. The molecule has 16 heavy (non-hydrogen) atoms. The number of nitrogens with zero attached hydrogens (tertiary/aromatic N) is 2. The minimum absolute atomic E-state index is 0.319. The summed E-state index contributed by atoms with van der Waals surface area (Å²) >= 11 is 3.39. The SMILES string of the molecule is OCCC1CCN(c2cccc(Br)n2)CC1. The molecule has 1 aliphatic rings. The van der Waals surface area contributed by atoms with E-state index >= 15 is 0 Å². The van der Waals surface area contributed by atoms with Crippen LogP contribution in [0.1, 0.15) is 19.3 Å². The minimum Gasteiger partial charge on any atom is -0.396 e. The van der Waals surface area contributed by atoms with E-state index in [1.165, 1.54) is 0 Å². The molecule has 2 rings (SSSR count). The molecule has 1 aromatic heterocycles. The molecule has 0 spiro atoms. The number of aromatic nitrogens is 1. The van der Waals surface area contributed by atoms with Crippen molar-refractivity contribution in [3.63, 3.8) is 0 Å². The average molecular weight is 285 g/mol. The normalized spacial score (nSPS) is 17.8. The van der Waals surface area contributed by atoms with Crippen LogP contribution >= 0.6 is 15.9 Å². The fourth-order valence-electron chi connectivity index (χ4n) is 2.21. The van der Waals surface area contributed by atoms with Crippen molar-refractivity contribution in [1.82, 2.24) is 4.98 Å². The van der Waals surface area contributed by atoms with Crippen molar-refractivity contribution in [2.45, 2.75) is 19.3 Å². The molecule has 0 saturated carbocycles. The molecule has 1 saturated heterocycles. The number of aliphatic hydroxyl groups is 1. The van der Waals surface area contributed by atoms with E-state index in [9.17, 15) is 0 Å². The first-order valence-corrected chi connectivity index (χ1v) is 6.57. The summed E-state index contributed by atoms with van der Waals surface area (Å²) < 4.78 is 0.891. The summed E-state index contributed by atoms with van der Waals surface area (Å²) in [7, 11) is 0. The monoisotopic (exact) mass is 284 g/mol. The van der Waals surface area contributed by atoms with Crippen molar-refractivity contribution in [3.05, 3.63) is 22.8 Å². The summed E-state index contributed by atoms with van der Waals surface area (Å²) in [6.45, 7) is 2.42. The van der Waals surface area contributed by atoms with E-state index in [1.807, 2.05) is 12.1 Å². The van der Waals surface area contributed by atoms with Gasteiger partial charge in [-0.25, -0.2) is 4.98 Å². The van der Waals surface area contributed by atoms with Gasteiger partial charge in [-0.15, -0.1) is 0 Å². The predicted molar refractivity (Wildman–Crippen MR) is 68.6 cm³/mol. The Hall–Kier alpha value is -0.610. The van der Waals surface area contributed by atoms with Crippen molar-refractivity contribution in [2.75, 3.05) is 24.6 Å². The molecule has 2 heterocycles. The fraction of sp³-hybridized carbons (Fsp3) is 0.583. The Bertz CT molecular complexity index is 338. The maximum atomic E-state index is 8.91. The summed E-state index contributed by atoms with van der Waals surface area (Å²) in [5, 5.41) is 8.91. The Kier molecular flexibility index (Phi) is 4.18. The topological polar surface area (TPSA) is 36.4 Å². The molecule has 0 amide bonds. The second kappa shape index (κ2) is 5.64. The van der Waals surface area contributed by atoms with Crippen LogP contribution < -0.4 is 4.90 Å². The number of rotatable bonds is 3. The van der Waals surface area contributed by atoms with Crippen molar-refractivity contribution >= 4 is 21.7 Å². The zero-order valence-electron chi connectivity index (χ0n) is 9.27. The number of aliphatic hydroxyl groups excluding tert-OH is 1. The van der Waals surface area contributed by atoms with Gasteiger partial charge >= 0.3 is 0 Å². The van der Waals surface area contributed by atoms with Crippen LogP contribution in [0.4, 0.5) is 5.82 Å². The van der Waals surface area contributed by atoms with Crippen LogP contribution in [0.15, 0.2) is 22.8 Å². The molecule has 1 fully saturated rings. The molecule has 1 N–H and O–H groups in total. The Morgan fingerprint density at radius 2 is 2.12 bits per heavy atom. The van der Waals surface area contributed by atoms with Gasteiger partial charge in [0.05, 0.1) is 0 Å². The van der Waals surface area contributed by atoms with Crippen LogP contribution in [0.2, 0.25) is 0 Å². The van der Waals surface area contributed by atoms with Crippen molar-refractivity contribution < 1.29 is 5.11 Å². The van der Waals surface area contributed by atoms with Crippen molar-refractivity contribution in [3.8, 4) is 0 Å². The molecule has 0 aromatic carbocycles. The van der Waals surface area contributed by atoms with Crippen LogP contribution in [-0.4, -0.2) is 29.8 Å². The van der Waals surface area contributed by atoms with E-state index in [4.69, 9.17) is 5.11 Å². The summed E-state index contributed by atoms with van der Waals surface area (Å²) in [4.78, 5) is 6.78. The Balaban J connectivity index is 1.94. The number of hydrogen-bond donors (Lipinski definition) is 1. The fourth-order valence-corrected chi connectivity index (χ4v) is 2.54. The lowest BCUT2D eigenvalue weighted by molar-refractivity contribution is 0.240. The van der Waals surface area contributed by atoms with Gasteiger partial charge in [-0.2, -0.15) is 0 Å². The molecular weight excluding hydrogens is 268 g/mol. The third kappa shape index (κ3) is 2.95. The number of hydrogen-bond acceptors (Lipinski definition) is 3. The van der Waals surface area contributed by atoms with E-state index < -0.39 is 0 Å². The zero-order chi connectivity index (χ0) is 11.4. The third-order valence-corrected chi connectivity index (χ3v) is 3.62. The number of halogens is 1. The first-order valence-electron chi connectivity index (χ1n) is 5.78. The van der Waals surface area contributed by atoms with Gasteiger partial charge in [-0.1, -0.05) is 6.07 Å². The van der Waals surface area contributed by atoms with Crippen LogP contribution in [0.3, 0.4) is 0 Å². The molecule has 4 heteroatoms. The molecule has 0 atom stereocenters. The highest BCUT2D eigenvalue weighted by atomic mass is 79.9. The second-order valence-corrected chi connectivity index (χ2v) is 5.07. The quantitative estimate of drug-likeness (QED) is 0.867. The van der Waals surface area contributed by atoms with E-state index in [0.717, 1.165) is 42.8 Å². The highest BCUT2D eigenvalue weighted by Gasteiger charge is 2.19. The Morgan fingerprint density at radius 1 is 1.38 bits per heavy atom. The van der Waals surface area contributed by atoms with Gasteiger partial charge in [0.25, 0.3) is 0 Å². The standard InChI is InChI=1S/C12H17BrN2O/c13-11-2-1-3-12(14-11)15-7-4-10(5-8-15)6-9-16/h1-3,10,16H,4-9H2. The van der Waals surface area contributed by atoms with Crippen molar-refractivity contribution in [1.29, 1.82) is 0 Å². The zero-order valence-corrected chi connectivity index (χ0v) is 10.9. The lowest BCUT2D eigenvalue weighted by atomic mass is 9.94. The van der Waals surface area contributed by atoms with Crippen LogP contribution in [0, 0.1) is 5.92 Å². The lowest BCUT2D eigenvalue weighted by Gasteiger charge is -2.32. The van der Waals surface area contributed by atoms with Gasteiger partial charge in [0.15, 0.2) is 0 Å². The first-order chi connectivity index (χ1) is 7.79. The second-order valence-electron chi connectivity index (χ2n) is 4.26.